The first-order valence-electron chi connectivity index (χ1n) is 17.8. The number of hydrogen-bond donors (Lipinski definition) is 0. The van der Waals surface area contributed by atoms with E-state index in [1.165, 1.54) is 55.2 Å². The Kier molecular flexibility index (Phi) is 8.61. The second-order valence-corrected chi connectivity index (χ2v) is 13.4. The fraction of sp³-hybridized carbons (Fsp3) is 0.0204. The number of aliphatic imine (C=N–C) groups is 2. The summed E-state index contributed by atoms with van der Waals surface area (Å²) in [6, 6.07) is 65.1. The van der Waals surface area contributed by atoms with Gasteiger partial charge in [0.1, 0.15) is 11.1 Å². The van der Waals surface area contributed by atoms with Gasteiger partial charge in [-0.2, -0.15) is 0 Å². The van der Waals surface area contributed by atoms with Gasteiger partial charge in [-0.15, -0.1) is 80.9 Å². The summed E-state index contributed by atoms with van der Waals surface area (Å²) in [5, 5.41) is 5.15. The van der Waals surface area contributed by atoms with Crippen LogP contribution in [-0.2, 0) is 26.7 Å². The van der Waals surface area contributed by atoms with Crippen molar-refractivity contribution in [3.63, 3.8) is 0 Å². The minimum Gasteiger partial charge on any atom is -0.302 e. The van der Waals surface area contributed by atoms with Crippen LogP contribution in [0.1, 0.15) is 33.4 Å². The summed E-state index contributed by atoms with van der Waals surface area (Å²) in [7, 11) is 0. The molecule has 0 radical (unpaired) electrons. The smallest absolute Gasteiger partial charge is 0.302 e. The molecule has 11 rings (SSSR count). The predicted octanol–water partition coefficient (Wildman–Crippen LogP) is 10.8. The fourth-order valence-electron chi connectivity index (χ4n) is 7.87. The predicted molar refractivity (Wildman–Crippen MR) is 217 cm³/mol. The minimum atomic E-state index is -0.359. The van der Waals surface area contributed by atoms with Gasteiger partial charge in [0, 0.05) is 12.1 Å². The Balaban J connectivity index is 0.000000149. The van der Waals surface area contributed by atoms with Crippen molar-refractivity contribution in [3.8, 4) is 0 Å². The summed E-state index contributed by atoms with van der Waals surface area (Å²) in [6.45, 7) is 0. The standard InChI is InChI=1S/C29H18N2.C20H14N2.Pt/c1-3-9-21-15-25-23(13-19(21)7-1)17-30-27-11-5-6-12-28(27)31-18-24-14-20-8-2-4-10-22(20)16-26(24)29(25,30)31;1-3-9-17(10-4-1)15-21-19-13-7-8-14-20(19)22-16-18-11-5-2-6-12-18;/h1-18H;1-9,11,13-16H;/q+2;-2;+2. The quantitative estimate of drug-likeness (QED) is 0.0959. The summed E-state index contributed by atoms with van der Waals surface area (Å²) >= 11 is 0. The molecule has 0 atom stereocenters. The molecule has 0 bridgehead atoms. The fourth-order valence-corrected chi connectivity index (χ4v) is 7.87. The van der Waals surface area contributed by atoms with Crippen molar-refractivity contribution in [1.29, 1.82) is 0 Å². The van der Waals surface area contributed by atoms with E-state index in [-0.39, 0.29) is 26.7 Å². The van der Waals surface area contributed by atoms with E-state index in [2.05, 4.69) is 141 Å². The molecule has 256 valence electrons. The molecule has 0 fully saturated rings. The van der Waals surface area contributed by atoms with Crippen molar-refractivity contribution in [2.75, 3.05) is 0 Å². The van der Waals surface area contributed by atoms with Gasteiger partial charge in [0.15, 0.2) is 12.4 Å². The average molecular weight is 872 g/mol. The monoisotopic (exact) mass is 871 g/mol. The molecule has 0 amide bonds. The van der Waals surface area contributed by atoms with E-state index in [0.29, 0.717) is 0 Å². The van der Waals surface area contributed by atoms with Crippen LogP contribution in [0.4, 0.5) is 22.7 Å². The van der Waals surface area contributed by atoms with Crippen molar-refractivity contribution in [2.45, 2.75) is 5.66 Å². The first kappa shape index (κ1) is 33.5. The summed E-state index contributed by atoms with van der Waals surface area (Å²) in [6.07, 6.45) is 8.28. The van der Waals surface area contributed by atoms with Gasteiger partial charge >= 0.3 is 26.7 Å². The van der Waals surface area contributed by atoms with Crippen LogP contribution in [-0.4, -0.2) is 34.0 Å². The second-order valence-electron chi connectivity index (χ2n) is 13.4. The van der Waals surface area contributed by atoms with E-state index in [1.807, 2.05) is 72.8 Å². The Morgan fingerprint density at radius 2 is 0.833 bits per heavy atom. The second kappa shape index (κ2) is 13.9. The van der Waals surface area contributed by atoms with Crippen molar-refractivity contribution in [1.82, 2.24) is 0 Å². The number of hydrogen-bond acceptors (Lipinski definition) is 2. The first-order chi connectivity index (χ1) is 26.3. The van der Waals surface area contributed by atoms with E-state index in [4.69, 9.17) is 0 Å². The molecule has 0 aliphatic carbocycles. The van der Waals surface area contributed by atoms with Crippen LogP contribution < -0.4 is 0 Å². The van der Waals surface area contributed by atoms with Gasteiger partial charge in [-0.25, -0.2) is 0 Å². The van der Waals surface area contributed by atoms with Crippen LogP contribution in [0, 0.1) is 12.1 Å². The molecule has 54 heavy (non-hydrogen) atoms. The van der Waals surface area contributed by atoms with Gasteiger partial charge in [-0.3, -0.25) is 0 Å². The number of fused-ring (bicyclic) bond motifs is 7. The maximum atomic E-state index is 4.51. The molecule has 1 spiro atoms. The van der Waals surface area contributed by atoms with E-state index < -0.39 is 0 Å². The minimum absolute atomic E-state index is 0. The summed E-state index contributed by atoms with van der Waals surface area (Å²) in [5.74, 6) is 0. The van der Waals surface area contributed by atoms with Crippen molar-refractivity contribution in [3.05, 3.63) is 215 Å². The van der Waals surface area contributed by atoms with Gasteiger partial charge in [-0.1, -0.05) is 72.8 Å². The zero-order valence-electron chi connectivity index (χ0n) is 29.1. The molecule has 5 heteroatoms. The molecule has 0 aromatic heterocycles. The zero-order chi connectivity index (χ0) is 35.2. The molecular formula is C49H32N4Pt+2. The Hall–Kier alpha value is -6.35. The molecule has 8 aromatic rings. The Bertz CT molecular complexity index is 2640. The Morgan fingerprint density at radius 1 is 0.444 bits per heavy atom. The van der Waals surface area contributed by atoms with Gasteiger partial charge in [0.25, 0.3) is 11.4 Å². The van der Waals surface area contributed by atoms with Gasteiger partial charge < -0.3 is 9.98 Å². The normalized spacial score (nSPS) is 14.0. The molecule has 3 heterocycles. The maximum absolute atomic E-state index is 4.51. The molecule has 3 aliphatic rings. The molecular weight excluding hydrogens is 840 g/mol. The SMILES string of the molecule is C1=[N+]2c3ccccc3[N+]3=Cc4cc5ccccc5cc4C23c2cc3ccccc3cc21.[Pt+2].[c-]1ccccc1C=Nc1ccccc1N=Cc1[c-]cccc1. The van der Waals surface area contributed by atoms with E-state index in [9.17, 15) is 0 Å². The van der Waals surface area contributed by atoms with Crippen LogP contribution in [0.5, 0.6) is 0 Å². The van der Waals surface area contributed by atoms with Gasteiger partial charge in [0.2, 0.25) is 0 Å². The Morgan fingerprint density at radius 3 is 1.26 bits per heavy atom. The van der Waals surface area contributed by atoms with Crippen molar-refractivity contribution < 1.29 is 30.2 Å². The number of rotatable bonds is 4. The largest absolute Gasteiger partial charge is 2.00 e. The third-order valence-electron chi connectivity index (χ3n) is 10.3. The van der Waals surface area contributed by atoms with E-state index >= 15 is 0 Å². The van der Waals surface area contributed by atoms with Crippen LogP contribution in [0.15, 0.2) is 180 Å². The van der Waals surface area contributed by atoms with E-state index in [1.54, 1.807) is 12.4 Å². The summed E-state index contributed by atoms with van der Waals surface area (Å²) < 4.78 is 4.98. The molecule has 4 nitrogen and oxygen atoms in total. The maximum Gasteiger partial charge on any atom is 2.00 e. The average Bonchev–Trinajstić information content (AvgIpc) is 3.82. The van der Waals surface area contributed by atoms with Crippen molar-refractivity contribution in [2.24, 2.45) is 9.98 Å². The third-order valence-corrected chi connectivity index (χ3v) is 10.3. The molecule has 8 aromatic carbocycles. The Labute approximate surface area is 328 Å². The summed E-state index contributed by atoms with van der Waals surface area (Å²) in [4.78, 5) is 9.02. The third kappa shape index (κ3) is 5.58. The first-order valence-corrected chi connectivity index (χ1v) is 17.8. The molecule has 0 N–H and O–H groups in total. The zero-order valence-corrected chi connectivity index (χ0v) is 31.4. The van der Waals surface area contributed by atoms with Gasteiger partial charge in [0.05, 0.1) is 22.5 Å². The molecule has 0 saturated carbocycles. The topological polar surface area (TPSA) is 30.7 Å². The van der Waals surface area contributed by atoms with Gasteiger partial charge in [-0.05, 0) is 70.4 Å². The molecule has 3 aliphatic heterocycles. The number of benzene rings is 8. The number of para-hydroxylation sites is 4. The van der Waals surface area contributed by atoms with Crippen molar-refractivity contribution >= 4 is 69.2 Å². The number of nitrogens with zero attached hydrogens (tertiary/aromatic N) is 4. The van der Waals surface area contributed by atoms with Crippen LogP contribution >= 0.6 is 0 Å². The van der Waals surface area contributed by atoms with E-state index in [0.717, 1.165) is 22.5 Å². The van der Waals surface area contributed by atoms with Crippen LogP contribution in [0.3, 0.4) is 0 Å². The molecule has 0 unspecified atom stereocenters. The molecule has 0 saturated heterocycles. The van der Waals surface area contributed by atoms with Crippen LogP contribution in [0.25, 0.3) is 21.5 Å². The van der Waals surface area contributed by atoms with Crippen LogP contribution in [0.2, 0.25) is 0 Å². The summed E-state index contributed by atoms with van der Waals surface area (Å²) in [5.41, 5.74) is 11.0.